The summed E-state index contributed by atoms with van der Waals surface area (Å²) in [6.45, 7) is 4.73. The van der Waals surface area contributed by atoms with Crippen molar-refractivity contribution in [2.45, 2.75) is 39.0 Å². The van der Waals surface area contributed by atoms with Crippen LogP contribution in [0.1, 0.15) is 49.4 Å². The highest BCUT2D eigenvalue weighted by molar-refractivity contribution is 5.95. The Morgan fingerprint density at radius 3 is 2.64 bits per heavy atom. The minimum absolute atomic E-state index is 0.107. The summed E-state index contributed by atoms with van der Waals surface area (Å²) in [6, 6.07) is 5.12. The number of benzene rings is 1. The molecular weight excluding hydrogens is 320 g/mol. The van der Waals surface area contributed by atoms with Crippen LogP contribution in [0.2, 0.25) is 0 Å². The lowest BCUT2D eigenvalue weighted by Gasteiger charge is -2.15. The van der Waals surface area contributed by atoms with E-state index < -0.39 is 0 Å². The number of rotatable bonds is 9. The first-order valence-electron chi connectivity index (χ1n) is 9.02. The van der Waals surface area contributed by atoms with E-state index in [9.17, 15) is 9.59 Å². The molecule has 0 bridgehead atoms. The predicted octanol–water partition coefficient (Wildman–Crippen LogP) is 2.62. The van der Waals surface area contributed by atoms with Crippen LogP contribution in [0.3, 0.4) is 0 Å². The Morgan fingerprint density at radius 2 is 1.96 bits per heavy atom. The standard InChI is InChI=1S/C19H28N2O4/c1-3-4-13-25-16-8-7-15(14-17(16)24-2)19(23)20-10-9-18(22)21-11-5-6-12-21/h7-8,14H,3-6,9-13H2,1-2H3,(H,20,23). The summed E-state index contributed by atoms with van der Waals surface area (Å²) >= 11 is 0. The van der Waals surface area contributed by atoms with Crippen LogP contribution < -0.4 is 14.8 Å². The van der Waals surface area contributed by atoms with Gasteiger partial charge in [-0.05, 0) is 37.5 Å². The Bertz CT molecular complexity index is 583. The van der Waals surface area contributed by atoms with Gasteiger partial charge in [-0.25, -0.2) is 0 Å². The molecule has 2 rings (SSSR count). The largest absolute Gasteiger partial charge is 0.493 e. The van der Waals surface area contributed by atoms with Crippen molar-refractivity contribution in [3.05, 3.63) is 23.8 Å². The van der Waals surface area contributed by atoms with Crippen LogP contribution in [0.5, 0.6) is 11.5 Å². The predicted molar refractivity (Wildman–Crippen MR) is 96.2 cm³/mol. The van der Waals surface area contributed by atoms with Gasteiger partial charge in [-0.15, -0.1) is 0 Å². The minimum atomic E-state index is -0.215. The normalized spacial score (nSPS) is 13.6. The van der Waals surface area contributed by atoms with Crippen molar-refractivity contribution < 1.29 is 19.1 Å². The Labute approximate surface area is 149 Å². The van der Waals surface area contributed by atoms with Gasteiger partial charge in [0.25, 0.3) is 5.91 Å². The number of hydrogen-bond donors (Lipinski definition) is 1. The van der Waals surface area contributed by atoms with E-state index in [1.165, 1.54) is 0 Å². The van der Waals surface area contributed by atoms with Gasteiger partial charge in [0.2, 0.25) is 5.91 Å². The molecule has 1 aliphatic heterocycles. The van der Waals surface area contributed by atoms with Gasteiger partial charge in [0.15, 0.2) is 11.5 Å². The van der Waals surface area contributed by atoms with E-state index in [0.29, 0.717) is 36.6 Å². The monoisotopic (exact) mass is 348 g/mol. The lowest BCUT2D eigenvalue weighted by Crippen LogP contribution is -2.32. The topological polar surface area (TPSA) is 67.9 Å². The minimum Gasteiger partial charge on any atom is -0.493 e. The van der Waals surface area contributed by atoms with E-state index >= 15 is 0 Å². The molecule has 0 spiro atoms. The molecule has 1 aromatic carbocycles. The molecule has 0 saturated carbocycles. The van der Waals surface area contributed by atoms with Crippen molar-refractivity contribution >= 4 is 11.8 Å². The molecular formula is C19H28N2O4. The molecule has 0 aromatic heterocycles. The molecule has 2 amide bonds. The first-order chi connectivity index (χ1) is 12.2. The van der Waals surface area contributed by atoms with Gasteiger partial charge in [-0.1, -0.05) is 13.3 Å². The molecule has 1 aliphatic rings. The van der Waals surface area contributed by atoms with Crippen molar-refractivity contribution in [2.75, 3.05) is 33.4 Å². The molecule has 138 valence electrons. The van der Waals surface area contributed by atoms with Crippen LogP contribution >= 0.6 is 0 Å². The van der Waals surface area contributed by atoms with E-state index in [1.807, 2.05) is 4.90 Å². The fourth-order valence-electron chi connectivity index (χ4n) is 2.76. The molecule has 6 heteroatoms. The summed E-state index contributed by atoms with van der Waals surface area (Å²) < 4.78 is 11.0. The SMILES string of the molecule is CCCCOc1ccc(C(=O)NCCC(=O)N2CCCC2)cc1OC. The Morgan fingerprint density at radius 1 is 1.20 bits per heavy atom. The summed E-state index contributed by atoms with van der Waals surface area (Å²) in [4.78, 5) is 26.1. The van der Waals surface area contributed by atoms with E-state index in [4.69, 9.17) is 9.47 Å². The summed E-state index contributed by atoms with van der Waals surface area (Å²) in [5.74, 6) is 1.07. The van der Waals surface area contributed by atoms with Gasteiger partial charge in [0.05, 0.1) is 13.7 Å². The van der Waals surface area contributed by atoms with Crippen LogP contribution in [0.25, 0.3) is 0 Å². The highest BCUT2D eigenvalue weighted by Crippen LogP contribution is 2.28. The summed E-state index contributed by atoms with van der Waals surface area (Å²) in [5, 5.41) is 2.79. The number of carbonyl (C=O) groups is 2. The maximum Gasteiger partial charge on any atom is 0.251 e. The maximum absolute atomic E-state index is 12.3. The number of unbranched alkanes of at least 4 members (excludes halogenated alkanes) is 1. The Hall–Kier alpha value is -2.24. The second-order valence-electron chi connectivity index (χ2n) is 6.16. The highest BCUT2D eigenvalue weighted by atomic mass is 16.5. The van der Waals surface area contributed by atoms with Gasteiger partial charge in [0.1, 0.15) is 0 Å². The molecule has 6 nitrogen and oxygen atoms in total. The average Bonchev–Trinajstić information content (AvgIpc) is 3.16. The van der Waals surface area contributed by atoms with Gasteiger partial charge in [0, 0.05) is 31.6 Å². The second-order valence-corrected chi connectivity index (χ2v) is 6.16. The quantitative estimate of drug-likeness (QED) is 0.697. The number of likely N-dealkylation sites (tertiary alicyclic amines) is 1. The fraction of sp³-hybridized carbons (Fsp3) is 0.579. The summed E-state index contributed by atoms with van der Waals surface area (Å²) in [7, 11) is 1.55. The lowest BCUT2D eigenvalue weighted by atomic mass is 10.2. The van der Waals surface area contributed by atoms with Gasteiger partial charge in [-0.3, -0.25) is 9.59 Å². The molecule has 0 atom stereocenters. The first-order valence-corrected chi connectivity index (χ1v) is 9.02. The smallest absolute Gasteiger partial charge is 0.251 e. The Kier molecular flexibility index (Phi) is 7.57. The van der Waals surface area contributed by atoms with Gasteiger partial charge in [-0.2, -0.15) is 0 Å². The average molecular weight is 348 g/mol. The zero-order valence-electron chi connectivity index (χ0n) is 15.2. The molecule has 0 unspecified atom stereocenters. The van der Waals surface area contributed by atoms with E-state index in [0.717, 1.165) is 38.8 Å². The first kappa shape index (κ1) is 19.1. The van der Waals surface area contributed by atoms with Crippen LogP contribution in [-0.4, -0.2) is 50.1 Å². The van der Waals surface area contributed by atoms with Crippen LogP contribution in [0, 0.1) is 0 Å². The zero-order valence-corrected chi connectivity index (χ0v) is 15.2. The molecule has 0 aliphatic carbocycles. The molecule has 1 N–H and O–H groups in total. The third-order valence-corrected chi connectivity index (χ3v) is 4.26. The number of nitrogens with one attached hydrogen (secondary N) is 1. The number of amides is 2. The summed E-state index contributed by atoms with van der Waals surface area (Å²) in [6.07, 6.45) is 4.51. The van der Waals surface area contributed by atoms with E-state index in [-0.39, 0.29) is 11.8 Å². The van der Waals surface area contributed by atoms with Gasteiger partial charge >= 0.3 is 0 Å². The lowest BCUT2D eigenvalue weighted by molar-refractivity contribution is -0.129. The fourth-order valence-corrected chi connectivity index (χ4v) is 2.76. The van der Waals surface area contributed by atoms with Crippen LogP contribution in [0.15, 0.2) is 18.2 Å². The van der Waals surface area contributed by atoms with Crippen molar-refractivity contribution in [1.29, 1.82) is 0 Å². The molecule has 1 saturated heterocycles. The zero-order chi connectivity index (χ0) is 18.1. The van der Waals surface area contributed by atoms with E-state index in [1.54, 1.807) is 25.3 Å². The third kappa shape index (κ3) is 5.66. The molecule has 1 fully saturated rings. The van der Waals surface area contributed by atoms with Crippen LogP contribution in [0.4, 0.5) is 0 Å². The number of ether oxygens (including phenoxy) is 2. The van der Waals surface area contributed by atoms with Crippen molar-refractivity contribution in [3.8, 4) is 11.5 Å². The highest BCUT2D eigenvalue weighted by Gasteiger charge is 2.18. The molecule has 1 aromatic rings. The number of carbonyl (C=O) groups excluding carboxylic acids is 2. The number of hydrogen-bond acceptors (Lipinski definition) is 4. The van der Waals surface area contributed by atoms with Crippen molar-refractivity contribution in [1.82, 2.24) is 10.2 Å². The van der Waals surface area contributed by atoms with Crippen LogP contribution in [-0.2, 0) is 4.79 Å². The van der Waals surface area contributed by atoms with Crippen molar-refractivity contribution in [2.24, 2.45) is 0 Å². The second kappa shape index (κ2) is 9.91. The molecule has 25 heavy (non-hydrogen) atoms. The van der Waals surface area contributed by atoms with E-state index in [2.05, 4.69) is 12.2 Å². The van der Waals surface area contributed by atoms with Gasteiger partial charge < -0.3 is 19.7 Å². The third-order valence-electron chi connectivity index (χ3n) is 4.26. The summed E-state index contributed by atoms with van der Waals surface area (Å²) in [5.41, 5.74) is 0.494. The maximum atomic E-state index is 12.3. The Balaban J connectivity index is 1.84. The van der Waals surface area contributed by atoms with Crippen molar-refractivity contribution in [3.63, 3.8) is 0 Å². The molecule has 0 radical (unpaired) electrons. The molecule has 1 heterocycles. The number of nitrogens with zero attached hydrogens (tertiary/aromatic N) is 1. The number of methoxy groups -OCH3 is 1.